The van der Waals surface area contributed by atoms with E-state index in [1.54, 1.807) is 0 Å². The Morgan fingerprint density at radius 1 is 0.455 bits per heavy atom. The van der Waals surface area contributed by atoms with E-state index >= 15 is 0 Å². The molecule has 3 aromatic rings. The number of hydrogen-bond acceptors (Lipinski definition) is 0. The minimum atomic E-state index is 0.755. The Bertz CT molecular complexity index is 776. The summed E-state index contributed by atoms with van der Waals surface area (Å²) >= 11 is 11.8. The quantitative estimate of drug-likeness (QED) is 0.643. The first-order valence-corrected chi connectivity index (χ1v) is 7.75. The molecule has 0 aliphatic rings. The van der Waals surface area contributed by atoms with Gasteiger partial charge in [0.2, 0.25) is 0 Å². The number of benzene rings is 3. The molecule has 0 saturated carbocycles. The van der Waals surface area contributed by atoms with Gasteiger partial charge in [-0.15, -0.1) is 0 Å². The van der Waals surface area contributed by atoms with Crippen molar-refractivity contribution in [1.82, 2.24) is 0 Å². The Kier molecular flexibility index (Phi) is 4.62. The van der Waals surface area contributed by atoms with Gasteiger partial charge in [-0.3, -0.25) is 0 Å². The van der Waals surface area contributed by atoms with Crippen molar-refractivity contribution in [1.29, 1.82) is 0 Å². The standard InChI is InChI=1S/C20H14Cl2/c21-19-9-5-17(6-10-19)13-15-1-2-16(4-3-15)14-18-7-11-20(22)12-8-18/h1-14H. The van der Waals surface area contributed by atoms with Gasteiger partial charge in [0.05, 0.1) is 0 Å². The molecular weight excluding hydrogens is 311 g/mol. The molecule has 108 valence electrons. The summed E-state index contributed by atoms with van der Waals surface area (Å²) in [5.41, 5.74) is 2.28. The molecule has 0 N–H and O–H groups in total. The fourth-order valence-corrected chi connectivity index (χ4v) is 2.44. The smallest absolute Gasteiger partial charge is 0.0406 e. The summed E-state index contributed by atoms with van der Waals surface area (Å²) in [6, 6.07) is 24.1. The molecule has 0 aromatic heterocycles. The van der Waals surface area contributed by atoms with Crippen molar-refractivity contribution >= 4 is 35.4 Å². The molecule has 0 bridgehead atoms. The van der Waals surface area contributed by atoms with Crippen LogP contribution in [0.1, 0.15) is 11.1 Å². The summed E-state index contributed by atoms with van der Waals surface area (Å²) in [6.45, 7) is 0. The van der Waals surface area contributed by atoms with Crippen molar-refractivity contribution in [2.75, 3.05) is 0 Å². The predicted molar refractivity (Wildman–Crippen MR) is 95.7 cm³/mol. The van der Waals surface area contributed by atoms with Crippen molar-refractivity contribution < 1.29 is 0 Å². The van der Waals surface area contributed by atoms with Crippen LogP contribution < -0.4 is 10.4 Å². The van der Waals surface area contributed by atoms with Crippen molar-refractivity contribution in [2.45, 2.75) is 0 Å². The fraction of sp³-hybridized carbons (Fsp3) is 0. The zero-order valence-corrected chi connectivity index (χ0v) is 13.4. The molecule has 0 radical (unpaired) electrons. The second-order valence-electron chi connectivity index (χ2n) is 5.06. The van der Waals surface area contributed by atoms with Gasteiger partial charge in [-0.25, -0.2) is 0 Å². The molecule has 0 aliphatic carbocycles. The summed E-state index contributed by atoms with van der Waals surface area (Å²) in [6.07, 6.45) is 4.25. The van der Waals surface area contributed by atoms with E-state index in [-0.39, 0.29) is 0 Å². The first-order valence-electron chi connectivity index (χ1n) is 7.00. The Labute approximate surface area is 140 Å². The average molecular weight is 325 g/mol. The van der Waals surface area contributed by atoms with Gasteiger partial charge in [0.1, 0.15) is 0 Å². The van der Waals surface area contributed by atoms with Crippen LogP contribution in [0.4, 0.5) is 0 Å². The zero-order chi connectivity index (χ0) is 15.4. The van der Waals surface area contributed by atoms with Crippen LogP contribution in [0.2, 0.25) is 10.0 Å². The lowest BCUT2D eigenvalue weighted by molar-refractivity contribution is 1.52. The summed E-state index contributed by atoms with van der Waals surface area (Å²) < 4.78 is 0. The SMILES string of the molecule is Clc1ccc(C=c2ccc(=Cc3ccc(Cl)cc3)cc2)cc1. The highest BCUT2D eigenvalue weighted by atomic mass is 35.5. The molecule has 0 fully saturated rings. The average Bonchev–Trinajstić information content (AvgIpc) is 2.54. The normalized spacial score (nSPS) is 10.3. The topological polar surface area (TPSA) is 0 Å². The number of halogens is 2. The highest BCUT2D eigenvalue weighted by molar-refractivity contribution is 6.30. The highest BCUT2D eigenvalue weighted by Gasteiger charge is 1.90. The van der Waals surface area contributed by atoms with Gasteiger partial charge in [-0.05, 0) is 58.0 Å². The van der Waals surface area contributed by atoms with Gasteiger partial charge in [-0.1, -0.05) is 71.7 Å². The molecule has 0 saturated heterocycles. The third kappa shape index (κ3) is 4.00. The van der Waals surface area contributed by atoms with E-state index in [4.69, 9.17) is 23.2 Å². The van der Waals surface area contributed by atoms with Gasteiger partial charge in [0.15, 0.2) is 0 Å². The Hall–Kier alpha value is -2.02. The van der Waals surface area contributed by atoms with Gasteiger partial charge >= 0.3 is 0 Å². The molecule has 0 amide bonds. The number of rotatable bonds is 2. The first kappa shape index (κ1) is 14.9. The Balaban J connectivity index is 1.89. The van der Waals surface area contributed by atoms with E-state index in [0.717, 1.165) is 31.6 Å². The van der Waals surface area contributed by atoms with Crippen molar-refractivity contribution in [3.05, 3.63) is 104 Å². The molecule has 0 spiro atoms. The van der Waals surface area contributed by atoms with Gasteiger partial charge in [-0.2, -0.15) is 0 Å². The summed E-state index contributed by atoms with van der Waals surface area (Å²) in [4.78, 5) is 0. The van der Waals surface area contributed by atoms with Crippen LogP contribution >= 0.6 is 23.2 Å². The van der Waals surface area contributed by atoms with Crippen LogP contribution in [0.25, 0.3) is 12.2 Å². The Morgan fingerprint density at radius 2 is 0.773 bits per heavy atom. The maximum atomic E-state index is 5.90. The van der Waals surface area contributed by atoms with E-state index in [0.29, 0.717) is 0 Å². The zero-order valence-electron chi connectivity index (χ0n) is 11.8. The maximum absolute atomic E-state index is 5.90. The summed E-state index contributed by atoms with van der Waals surface area (Å²) in [7, 11) is 0. The second kappa shape index (κ2) is 6.83. The molecule has 0 nitrogen and oxygen atoms in total. The molecular formula is C20H14Cl2. The monoisotopic (exact) mass is 324 g/mol. The first-order chi connectivity index (χ1) is 10.7. The lowest BCUT2D eigenvalue weighted by atomic mass is 10.1. The Morgan fingerprint density at radius 3 is 1.09 bits per heavy atom. The van der Waals surface area contributed by atoms with E-state index < -0.39 is 0 Å². The van der Waals surface area contributed by atoms with Crippen molar-refractivity contribution in [3.8, 4) is 0 Å². The second-order valence-corrected chi connectivity index (χ2v) is 5.93. The lowest BCUT2D eigenvalue weighted by Crippen LogP contribution is -2.07. The summed E-state index contributed by atoms with van der Waals surface area (Å²) in [5.74, 6) is 0. The fourth-order valence-electron chi connectivity index (χ4n) is 2.19. The van der Waals surface area contributed by atoms with Crippen LogP contribution in [0.5, 0.6) is 0 Å². The van der Waals surface area contributed by atoms with Crippen molar-refractivity contribution in [2.24, 2.45) is 0 Å². The molecule has 3 aromatic carbocycles. The van der Waals surface area contributed by atoms with E-state index in [1.165, 1.54) is 0 Å². The minimum Gasteiger partial charge on any atom is -0.0843 e. The highest BCUT2D eigenvalue weighted by Crippen LogP contribution is 2.10. The minimum absolute atomic E-state index is 0.755. The van der Waals surface area contributed by atoms with Crippen LogP contribution in [-0.4, -0.2) is 0 Å². The van der Waals surface area contributed by atoms with E-state index in [9.17, 15) is 0 Å². The third-order valence-electron chi connectivity index (χ3n) is 3.34. The van der Waals surface area contributed by atoms with Gasteiger partial charge in [0.25, 0.3) is 0 Å². The summed E-state index contributed by atoms with van der Waals surface area (Å²) in [5, 5.41) is 3.83. The lowest BCUT2D eigenvalue weighted by Gasteiger charge is -1.95. The molecule has 22 heavy (non-hydrogen) atoms. The third-order valence-corrected chi connectivity index (χ3v) is 3.85. The predicted octanol–water partition coefficient (Wildman–Crippen LogP) is 4.65. The van der Waals surface area contributed by atoms with Crippen LogP contribution in [-0.2, 0) is 0 Å². The molecule has 3 rings (SSSR count). The largest absolute Gasteiger partial charge is 0.0843 e. The maximum Gasteiger partial charge on any atom is 0.0406 e. The van der Waals surface area contributed by atoms with Gasteiger partial charge < -0.3 is 0 Å². The molecule has 0 unspecified atom stereocenters. The van der Waals surface area contributed by atoms with Crippen LogP contribution in [0.15, 0.2) is 72.8 Å². The van der Waals surface area contributed by atoms with Crippen LogP contribution in [0.3, 0.4) is 0 Å². The van der Waals surface area contributed by atoms with Gasteiger partial charge in [0, 0.05) is 10.0 Å². The number of hydrogen-bond donors (Lipinski definition) is 0. The van der Waals surface area contributed by atoms with E-state index in [1.807, 2.05) is 48.5 Å². The molecule has 0 atom stereocenters. The van der Waals surface area contributed by atoms with Crippen LogP contribution in [0, 0.1) is 0 Å². The van der Waals surface area contributed by atoms with Crippen molar-refractivity contribution in [3.63, 3.8) is 0 Å². The van der Waals surface area contributed by atoms with E-state index in [2.05, 4.69) is 36.4 Å². The molecule has 0 heterocycles. The molecule has 0 aliphatic heterocycles. The molecule has 2 heteroatoms.